The molecule has 1 N–H and O–H groups in total. The smallest absolute Gasteiger partial charge is 0.127 e. The van der Waals surface area contributed by atoms with Crippen LogP contribution in [0.1, 0.15) is 19.3 Å². The van der Waals surface area contributed by atoms with E-state index >= 15 is 0 Å². The quantitative estimate of drug-likeness (QED) is 0.889. The second-order valence-electron chi connectivity index (χ2n) is 4.94. The predicted octanol–water partition coefficient (Wildman–Crippen LogP) is 3.36. The Kier molecular flexibility index (Phi) is 3.47. The molecule has 18 heavy (non-hydrogen) atoms. The Balaban J connectivity index is 1.74. The molecule has 0 aromatic heterocycles. The van der Waals surface area contributed by atoms with E-state index < -0.39 is 0 Å². The van der Waals surface area contributed by atoms with E-state index in [4.69, 9.17) is 4.74 Å². The molecule has 2 nitrogen and oxygen atoms in total. The Morgan fingerprint density at radius 1 is 1.06 bits per heavy atom. The van der Waals surface area contributed by atoms with Gasteiger partial charge in [0.25, 0.3) is 0 Å². The first-order chi connectivity index (χ1) is 8.93. The van der Waals surface area contributed by atoms with Crippen LogP contribution in [0.3, 0.4) is 0 Å². The maximum absolute atomic E-state index is 6.00. The molecule has 1 saturated heterocycles. The first-order valence-corrected chi connectivity index (χ1v) is 6.77. The summed E-state index contributed by atoms with van der Waals surface area (Å²) in [4.78, 5) is 0. The highest BCUT2D eigenvalue weighted by molar-refractivity contribution is 5.88. The second kappa shape index (κ2) is 5.40. The summed E-state index contributed by atoms with van der Waals surface area (Å²) in [5, 5.41) is 5.96. The van der Waals surface area contributed by atoms with Crippen LogP contribution >= 0.6 is 0 Å². The molecule has 94 valence electrons. The van der Waals surface area contributed by atoms with E-state index in [1.54, 1.807) is 0 Å². The average molecular weight is 241 g/mol. The van der Waals surface area contributed by atoms with Gasteiger partial charge in [-0.3, -0.25) is 0 Å². The van der Waals surface area contributed by atoms with Gasteiger partial charge in [-0.15, -0.1) is 0 Å². The van der Waals surface area contributed by atoms with Crippen LogP contribution in [-0.4, -0.2) is 19.2 Å². The fraction of sp³-hybridized carbons (Fsp3) is 0.375. The number of nitrogens with one attached hydrogen (secondary N) is 1. The Morgan fingerprint density at radius 2 is 1.94 bits per heavy atom. The summed E-state index contributed by atoms with van der Waals surface area (Å²) in [6.45, 7) is 1.90. The van der Waals surface area contributed by atoms with Gasteiger partial charge in [0.05, 0.1) is 0 Å². The van der Waals surface area contributed by atoms with Crippen molar-refractivity contribution < 1.29 is 4.74 Å². The summed E-state index contributed by atoms with van der Waals surface area (Å²) in [6.07, 6.45) is 3.84. The minimum atomic E-state index is 0.512. The number of rotatable bonds is 3. The van der Waals surface area contributed by atoms with Crippen LogP contribution in [0, 0.1) is 0 Å². The highest BCUT2D eigenvalue weighted by Gasteiger charge is 2.13. The van der Waals surface area contributed by atoms with E-state index in [2.05, 4.69) is 47.8 Å². The maximum atomic E-state index is 6.00. The minimum Gasteiger partial charge on any atom is -0.491 e. The molecular weight excluding hydrogens is 222 g/mol. The van der Waals surface area contributed by atoms with Crippen LogP contribution in [0.2, 0.25) is 0 Å². The predicted molar refractivity (Wildman–Crippen MR) is 75.1 cm³/mol. The van der Waals surface area contributed by atoms with Crippen molar-refractivity contribution in [2.24, 2.45) is 0 Å². The lowest BCUT2D eigenvalue weighted by Crippen LogP contribution is -2.38. The molecule has 1 heterocycles. The zero-order valence-corrected chi connectivity index (χ0v) is 10.6. The van der Waals surface area contributed by atoms with Crippen LogP contribution in [0.4, 0.5) is 0 Å². The van der Waals surface area contributed by atoms with Gasteiger partial charge in [-0.05, 0) is 30.8 Å². The van der Waals surface area contributed by atoms with E-state index in [1.807, 2.05) is 0 Å². The van der Waals surface area contributed by atoms with Gasteiger partial charge in [0, 0.05) is 11.4 Å². The second-order valence-corrected chi connectivity index (χ2v) is 4.94. The maximum Gasteiger partial charge on any atom is 0.127 e. The molecule has 1 fully saturated rings. The van der Waals surface area contributed by atoms with E-state index in [9.17, 15) is 0 Å². The molecule has 0 amide bonds. The van der Waals surface area contributed by atoms with Crippen LogP contribution in [0.5, 0.6) is 5.75 Å². The molecule has 0 saturated carbocycles. The molecule has 1 unspecified atom stereocenters. The van der Waals surface area contributed by atoms with Crippen molar-refractivity contribution in [2.75, 3.05) is 13.2 Å². The van der Waals surface area contributed by atoms with E-state index in [-0.39, 0.29) is 0 Å². The minimum absolute atomic E-state index is 0.512. The standard InChI is InChI=1S/C16H19NO/c1-2-9-15-13(6-1)7-5-10-16(15)18-12-14-8-3-4-11-17-14/h1-2,5-7,9-10,14,17H,3-4,8,11-12H2. The average Bonchev–Trinajstić information content (AvgIpc) is 2.46. The summed E-state index contributed by atoms with van der Waals surface area (Å²) in [6, 6.07) is 15.1. The molecule has 1 atom stereocenters. The molecule has 3 rings (SSSR count). The van der Waals surface area contributed by atoms with Crippen molar-refractivity contribution in [3.8, 4) is 5.75 Å². The lowest BCUT2D eigenvalue weighted by atomic mass is 10.1. The van der Waals surface area contributed by atoms with E-state index in [0.717, 1.165) is 18.9 Å². The van der Waals surface area contributed by atoms with Crippen molar-refractivity contribution in [1.29, 1.82) is 0 Å². The van der Waals surface area contributed by atoms with Gasteiger partial charge < -0.3 is 10.1 Å². The molecule has 0 aliphatic carbocycles. The van der Waals surface area contributed by atoms with Crippen LogP contribution in [0.25, 0.3) is 10.8 Å². The fourth-order valence-electron chi connectivity index (χ4n) is 2.58. The third-order valence-electron chi connectivity index (χ3n) is 3.60. The molecule has 0 radical (unpaired) electrons. The number of hydrogen-bond acceptors (Lipinski definition) is 2. The Bertz CT molecular complexity index is 512. The summed E-state index contributed by atoms with van der Waals surface area (Å²) in [7, 11) is 0. The Morgan fingerprint density at radius 3 is 2.83 bits per heavy atom. The first-order valence-electron chi connectivity index (χ1n) is 6.77. The summed E-state index contributed by atoms with van der Waals surface area (Å²) >= 11 is 0. The van der Waals surface area contributed by atoms with Crippen LogP contribution < -0.4 is 10.1 Å². The zero-order valence-electron chi connectivity index (χ0n) is 10.6. The molecule has 2 aromatic carbocycles. The molecular formula is C16H19NO. The number of hydrogen-bond donors (Lipinski definition) is 1. The van der Waals surface area contributed by atoms with Gasteiger partial charge in [0.1, 0.15) is 12.4 Å². The van der Waals surface area contributed by atoms with Crippen molar-refractivity contribution in [3.05, 3.63) is 42.5 Å². The monoisotopic (exact) mass is 241 g/mol. The SMILES string of the molecule is c1ccc2c(OCC3CCCCN3)cccc2c1. The highest BCUT2D eigenvalue weighted by atomic mass is 16.5. The van der Waals surface area contributed by atoms with Gasteiger partial charge in [-0.2, -0.15) is 0 Å². The number of benzene rings is 2. The van der Waals surface area contributed by atoms with Gasteiger partial charge in [0.2, 0.25) is 0 Å². The largest absolute Gasteiger partial charge is 0.491 e. The van der Waals surface area contributed by atoms with Gasteiger partial charge >= 0.3 is 0 Å². The third-order valence-corrected chi connectivity index (χ3v) is 3.60. The van der Waals surface area contributed by atoms with Gasteiger partial charge in [-0.1, -0.05) is 42.8 Å². The fourth-order valence-corrected chi connectivity index (χ4v) is 2.58. The number of ether oxygens (including phenoxy) is 1. The molecule has 0 spiro atoms. The lowest BCUT2D eigenvalue weighted by Gasteiger charge is -2.23. The lowest BCUT2D eigenvalue weighted by molar-refractivity contribution is 0.241. The van der Waals surface area contributed by atoms with Crippen molar-refractivity contribution >= 4 is 10.8 Å². The van der Waals surface area contributed by atoms with E-state index in [0.29, 0.717) is 6.04 Å². The molecule has 2 heteroatoms. The molecule has 2 aromatic rings. The van der Waals surface area contributed by atoms with Crippen LogP contribution in [-0.2, 0) is 0 Å². The Hall–Kier alpha value is -1.54. The van der Waals surface area contributed by atoms with Crippen LogP contribution in [0.15, 0.2) is 42.5 Å². The van der Waals surface area contributed by atoms with Gasteiger partial charge in [-0.25, -0.2) is 0 Å². The summed E-state index contributed by atoms with van der Waals surface area (Å²) in [5.74, 6) is 1.00. The third kappa shape index (κ3) is 2.49. The topological polar surface area (TPSA) is 21.3 Å². The molecule has 1 aliphatic heterocycles. The molecule has 1 aliphatic rings. The molecule has 0 bridgehead atoms. The Labute approximate surface area is 108 Å². The van der Waals surface area contributed by atoms with Crippen molar-refractivity contribution in [2.45, 2.75) is 25.3 Å². The number of piperidine rings is 1. The summed E-state index contributed by atoms with van der Waals surface area (Å²) in [5.41, 5.74) is 0. The van der Waals surface area contributed by atoms with Crippen molar-refractivity contribution in [1.82, 2.24) is 5.32 Å². The first kappa shape index (κ1) is 11.5. The number of fused-ring (bicyclic) bond motifs is 1. The van der Waals surface area contributed by atoms with Crippen molar-refractivity contribution in [3.63, 3.8) is 0 Å². The normalized spacial score (nSPS) is 19.9. The summed E-state index contributed by atoms with van der Waals surface area (Å²) < 4.78 is 6.00. The van der Waals surface area contributed by atoms with Gasteiger partial charge in [0.15, 0.2) is 0 Å². The zero-order chi connectivity index (χ0) is 12.2. The van der Waals surface area contributed by atoms with E-state index in [1.165, 1.54) is 30.0 Å². The highest BCUT2D eigenvalue weighted by Crippen LogP contribution is 2.25.